The summed E-state index contributed by atoms with van der Waals surface area (Å²) in [5.41, 5.74) is 1.73. The Morgan fingerprint density at radius 3 is 2.60 bits per heavy atom. The number of amides is 1. The van der Waals surface area contributed by atoms with Crippen molar-refractivity contribution in [3.63, 3.8) is 0 Å². The van der Waals surface area contributed by atoms with Crippen LogP contribution in [-0.4, -0.2) is 17.5 Å². The van der Waals surface area contributed by atoms with Crippen molar-refractivity contribution >= 4 is 51.7 Å². The van der Waals surface area contributed by atoms with Crippen molar-refractivity contribution in [2.24, 2.45) is 0 Å². The van der Waals surface area contributed by atoms with Gasteiger partial charge in [-0.15, -0.1) is 11.3 Å². The summed E-state index contributed by atoms with van der Waals surface area (Å²) in [7, 11) is 0. The van der Waals surface area contributed by atoms with E-state index in [0.717, 1.165) is 28.2 Å². The van der Waals surface area contributed by atoms with Crippen LogP contribution < -0.4 is 10.1 Å². The van der Waals surface area contributed by atoms with Gasteiger partial charge in [0.15, 0.2) is 5.13 Å². The lowest BCUT2D eigenvalue weighted by Gasteiger charge is -2.06. The molecule has 1 heterocycles. The van der Waals surface area contributed by atoms with E-state index in [1.165, 1.54) is 37.0 Å². The van der Waals surface area contributed by atoms with Crippen LogP contribution in [0.15, 0.2) is 54.2 Å². The van der Waals surface area contributed by atoms with Crippen molar-refractivity contribution in [1.82, 2.24) is 4.98 Å². The van der Waals surface area contributed by atoms with Crippen molar-refractivity contribution in [3.8, 4) is 11.8 Å². The zero-order valence-corrected chi connectivity index (χ0v) is 21.8. The minimum Gasteiger partial charge on any atom is -0.494 e. The molecule has 0 radical (unpaired) electrons. The molecule has 0 spiro atoms. The summed E-state index contributed by atoms with van der Waals surface area (Å²) in [5.74, 6) is 0.272. The van der Waals surface area contributed by atoms with E-state index in [-0.39, 0.29) is 5.57 Å². The number of thiazole rings is 1. The number of aromatic nitrogens is 1. The van der Waals surface area contributed by atoms with Crippen LogP contribution >= 0.6 is 34.5 Å². The van der Waals surface area contributed by atoms with Gasteiger partial charge in [-0.1, -0.05) is 74.0 Å². The van der Waals surface area contributed by atoms with E-state index in [4.69, 9.17) is 27.9 Å². The predicted octanol–water partition coefficient (Wildman–Crippen LogP) is 7.94. The summed E-state index contributed by atoms with van der Waals surface area (Å²) in [5, 5.41) is 13.6. The number of hydrogen-bond acceptors (Lipinski definition) is 5. The number of nitrogens with one attached hydrogen (secondary N) is 1. The van der Waals surface area contributed by atoms with Gasteiger partial charge >= 0.3 is 0 Å². The van der Waals surface area contributed by atoms with Gasteiger partial charge < -0.3 is 4.74 Å². The normalized spacial score (nSPS) is 11.2. The molecule has 2 aromatic carbocycles. The number of halogens is 2. The number of nitriles is 1. The number of benzene rings is 2. The Balaban J connectivity index is 1.54. The molecule has 1 amide bonds. The fraction of sp³-hybridized carbons (Fsp3) is 0.296. The van der Waals surface area contributed by atoms with Gasteiger partial charge in [0.05, 0.1) is 16.7 Å². The predicted molar refractivity (Wildman–Crippen MR) is 144 cm³/mol. The number of unbranched alkanes of at least 4 members (excludes halogenated alkanes) is 4. The molecule has 1 N–H and O–H groups in total. The summed E-state index contributed by atoms with van der Waals surface area (Å²) in [4.78, 5) is 17.8. The molecule has 3 aromatic rings. The first-order valence-corrected chi connectivity index (χ1v) is 13.1. The quantitative estimate of drug-likeness (QED) is 0.147. The number of rotatable bonds is 12. The Morgan fingerprint density at radius 1 is 1.11 bits per heavy atom. The van der Waals surface area contributed by atoms with E-state index in [0.29, 0.717) is 28.2 Å². The third-order valence-electron chi connectivity index (χ3n) is 5.21. The number of hydrogen-bond donors (Lipinski definition) is 1. The molecule has 0 saturated heterocycles. The molecule has 0 aliphatic rings. The van der Waals surface area contributed by atoms with Crippen LogP contribution in [0.4, 0.5) is 5.13 Å². The second kappa shape index (κ2) is 13.9. The zero-order chi connectivity index (χ0) is 25.0. The second-order valence-corrected chi connectivity index (χ2v) is 9.94. The first-order valence-electron chi connectivity index (χ1n) is 11.5. The van der Waals surface area contributed by atoms with Gasteiger partial charge in [0.1, 0.15) is 17.4 Å². The maximum atomic E-state index is 12.6. The van der Waals surface area contributed by atoms with Crippen LogP contribution in [0.2, 0.25) is 10.0 Å². The molecule has 0 fully saturated rings. The summed E-state index contributed by atoms with van der Waals surface area (Å²) in [6.07, 6.45) is 9.79. The second-order valence-electron chi connectivity index (χ2n) is 8.01. The number of carbonyl (C=O) groups excluding carboxylic acids is 1. The van der Waals surface area contributed by atoms with E-state index in [1.807, 2.05) is 42.5 Å². The average Bonchev–Trinajstić information content (AvgIpc) is 3.29. The van der Waals surface area contributed by atoms with Gasteiger partial charge in [-0.05, 0) is 47.9 Å². The molecule has 0 aliphatic carbocycles. The van der Waals surface area contributed by atoms with E-state index in [2.05, 4.69) is 17.2 Å². The first kappa shape index (κ1) is 26.7. The van der Waals surface area contributed by atoms with Crippen molar-refractivity contribution in [3.05, 3.63) is 80.3 Å². The fourth-order valence-electron chi connectivity index (χ4n) is 3.33. The van der Waals surface area contributed by atoms with Crippen molar-refractivity contribution in [2.45, 2.75) is 45.4 Å². The number of anilines is 1. The summed E-state index contributed by atoms with van der Waals surface area (Å²) < 4.78 is 5.77. The molecule has 35 heavy (non-hydrogen) atoms. The van der Waals surface area contributed by atoms with Crippen LogP contribution in [0, 0.1) is 11.3 Å². The van der Waals surface area contributed by atoms with E-state index < -0.39 is 5.91 Å². The van der Waals surface area contributed by atoms with Gasteiger partial charge in [-0.2, -0.15) is 5.26 Å². The minimum atomic E-state index is -0.504. The Hall–Kier alpha value is -2.85. The standard InChI is InChI=1S/C27H27Cl2N3O2S/c1-2-3-4-5-6-13-34-22-10-7-19(8-11-22)14-21(17-30)26(33)32-27-31-18-23(35-27)15-20-9-12-24(28)25(29)16-20/h7-12,14,16,18H,2-6,13,15H2,1H3,(H,31,32,33)/b21-14+. The van der Waals surface area contributed by atoms with E-state index >= 15 is 0 Å². The third-order valence-corrected chi connectivity index (χ3v) is 6.86. The largest absolute Gasteiger partial charge is 0.494 e. The van der Waals surface area contributed by atoms with Crippen LogP contribution in [-0.2, 0) is 11.2 Å². The molecule has 1 aromatic heterocycles. The first-order chi connectivity index (χ1) is 17.0. The highest BCUT2D eigenvalue weighted by atomic mass is 35.5. The lowest BCUT2D eigenvalue weighted by Crippen LogP contribution is -2.13. The van der Waals surface area contributed by atoms with Crippen LogP contribution in [0.25, 0.3) is 6.08 Å². The smallest absolute Gasteiger partial charge is 0.268 e. The molecular weight excluding hydrogens is 501 g/mol. The van der Waals surface area contributed by atoms with Gasteiger partial charge in [0.25, 0.3) is 5.91 Å². The molecule has 0 aliphatic heterocycles. The highest BCUT2D eigenvalue weighted by molar-refractivity contribution is 7.15. The van der Waals surface area contributed by atoms with Crippen molar-refractivity contribution in [2.75, 3.05) is 11.9 Å². The highest BCUT2D eigenvalue weighted by Gasteiger charge is 2.13. The van der Waals surface area contributed by atoms with E-state index in [9.17, 15) is 10.1 Å². The van der Waals surface area contributed by atoms with Crippen molar-refractivity contribution in [1.29, 1.82) is 5.26 Å². The summed E-state index contributed by atoms with van der Waals surface area (Å²) in [6, 6.07) is 14.8. The monoisotopic (exact) mass is 527 g/mol. The summed E-state index contributed by atoms with van der Waals surface area (Å²) >= 11 is 13.4. The molecule has 8 heteroatoms. The van der Waals surface area contributed by atoms with Gasteiger partial charge in [0.2, 0.25) is 0 Å². The molecular formula is C27H27Cl2N3O2S. The Bertz CT molecular complexity index is 1200. The van der Waals surface area contributed by atoms with Crippen molar-refractivity contribution < 1.29 is 9.53 Å². The van der Waals surface area contributed by atoms with Crippen LogP contribution in [0.5, 0.6) is 5.75 Å². The maximum Gasteiger partial charge on any atom is 0.268 e. The molecule has 0 saturated carbocycles. The van der Waals surface area contributed by atoms with Gasteiger partial charge in [0, 0.05) is 17.5 Å². The molecule has 3 rings (SSSR count). The Labute approximate surface area is 220 Å². The SMILES string of the molecule is CCCCCCCOc1ccc(/C=C(\C#N)C(=O)Nc2ncc(Cc3ccc(Cl)c(Cl)c3)s2)cc1. The van der Waals surface area contributed by atoms with Crippen LogP contribution in [0.1, 0.15) is 55.0 Å². The maximum absolute atomic E-state index is 12.6. The fourth-order valence-corrected chi connectivity index (χ4v) is 4.50. The lowest BCUT2D eigenvalue weighted by atomic mass is 10.1. The molecule has 0 bridgehead atoms. The summed E-state index contributed by atoms with van der Waals surface area (Å²) in [6.45, 7) is 2.88. The minimum absolute atomic E-state index is 0.00387. The lowest BCUT2D eigenvalue weighted by molar-refractivity contribution is -0.112. The van der Waals surface area contributed by atoms with Gasteiger partial charge in [-0.25, -0.2) is 4.98 Å². The number of ether oxygens (including phenoxy) is 1. The Morgan fingerprint density at radius 2 is 1.89 bits per heavy atom. The number of carbonyl (C=O) groups is 1. The molecule has 0 unspecified atom stereocenters. The average molecular weight is 529 g/mol. The zero-order valence-electron chi connectivity index (χ0n) is 19.5. The topological polar surface area (TPSA) is 75.0 Å². The Kier molecular flexibility index (Phi) is 10.6. The van der Waals surface area contributed by atoms with E-state index in [1.54, 1.807) is 18.3 Å². The number of nitrogens with zero attached hydrogens (tertiary/aromatic N) is 2. The molecule has 0 atom stereocenters. The van der Waals surface area contributed by atoms with Gasteiger partial charge in [-0.3, -0.25) is 10.1 Å². The molecule has 182 valence electrons. The highest BCUT2D eigenvalue weighted by Crippen LogP contribution is 2.26. The third kappa shape index (κ3) is 8.70. The molecule has 5 nitrogen and oxygen atoms in total. The van der Waals surface area contributed by atoms with Crippen LogP contribution in [0.3, 0.4) is 0 Å².